The van der Waals surface area contributed by atoms with Gasteiger partial charge in [-0.2, -0.15) is 0 Å². The highest BCUT2D eigenvalue weighted by Crippen LogP contribution is 2.30. The molecule has 0 spiro atoms. The number of urea groups is 1. The van der Waals surface area contributed by atoms with Gasteiger partial charge in [0.25, 0.3) is 0 Å². The molecule has 0 saturated heterocycles. The fraction of sp³-hybridized carbons (Fsp3) is 0.280. The first-order chi connectivity index (χ1) is 16.3. The van der Waals surface area contributed by atoms with Crippen molar-refractivity contribution < 1.29 is 14.0 Å². The molecule has 0 fully saturated rings. The summed E-state index contributed by atoms with van der Waals surface area (Å²) >= 11 is 14.0. The van der Waals surface area contributed by atoms with E-state index in [1.807, 2.05) is 31.4 Å². The maximum absolute atomic E-state index is 13.4. The Labute approximate surface area is 213 Å². The largest absolute Gasteiger partial charge is 0.332 e. The molecule has 0 aliphatic heterocycles. The summed E-state index contributed by atoms with van der Waals surface area (Å²) in [5, 5.41) is 5.32. The van der Waals surface area contributed by atoms with Crippen LogP contribution in [-0.4, -0.2) is 34.3 Å². The number of hydrogen-bond acceptors (Lipinski definition) is 3. The summed E-state index contributed by atoms with van der Waals surface area (Å²) in [6, 6.07) is 14.2. The van der Waals surface area contributed by atoms with Crippen LogP contribution in [0, 0.1) is 5.82 Å². The van der Waals surface area contributed by atoms with Crippen LogP contribution in [0.4, 0.5) is 14.9 Å². The molecule has 3 amide bonds. The lowest BCUT2D eigenvalue weighted by atomic mass is 10.2. The van der Waals surface area contributed by atoms with Crippen molar-refractivity contribution in [2.24, 2.45) is 0 Å². The van der Waals surface area contributed by atoms with Crippen molar-refractivity contribution in [2.75, 3.05) is 11.9 Å². The van der Waals surface area contributed by atoms with Crippen LogP contribution >= 0.6 is 34.5 Å². The molecule has 3 aromatic rings. The average molecular weight is 522 g/mol. The van der Waals surface area contributed by atoms with E-state index in [0.29, 0.717) is 35.2 Å². The van der Waals surface area contributed by atoms with Gasteiger partial charge in [0.15, 0.2) is 0 Å². The van der Waals surface area contributed by atoms with Crippen molar-refractivity contribution in [2.45, 2.75) is 39.4 Å². The Morgan fingerprint density at radius 3 is 2.29 bits per heavy atom. The maximum Gasteiger partial charge on any atom is 0.322 e. The number of benzene rings is 2. The smallest absolute Gasteiger partial charge is 0.322 e. The standard InChI is InChI=1S/C25H26Cl2FN3O2S/c1-3-17(2)31(25(33)29-24-21(26)7-4-8-22(24)27)16-23(32)30(15-20-6-5-13-34-20)14-18-9-11-19(28)12-10-18/h4-13,17H,3,14-16H2,1-2H3,(H,29,33). The highest BCUT2D eigenvalue weighted by molar-refractivity contribution is 7.09. The van der Waals surface area contributed by atoms with Crippen LogP contribution in [0.15, 0.2) is 60.0 Å². The first-order valence-electron chi connectivity index (χ1n) is 10.8. The average Bonchev–Trinajstić information content (AvgIpc) is 3.33. The van der Waals surface area contributed by atoms with Crippen molar-refractivity contribution in [3.8, 4) is 0 Å². The topological polar surface area (TPSA) is 52.7 Å². The molecule has 1 atom stereocenters. The molecule has 1 aromatic heterocycles. The van der Waals surface area contributed by atoms with E-state index >= 15 is 0 Å². The highest BCUT2D eigenvalue weighted by Gasteiger charge is 2.26. The van der Waals surface area contributed by atoms with Crippen LogP contribution in [-0.2, 0) is 17.9 Å². The second-order valence-electron chi connectivity index (χ2n) is 7.87. The molecule has 5 nitrogen and oxygen atoms in total. The van der Waals surface area contributed by atoms with Crippen LogP contribution in [0.3, 0.4) is 0 Å². The van der Waals surface area contributed by atoms with Crippen molar-refractivity contribution in [3.05, 3.63) is 86.3 Å². The monoisotopic (exact) mass is 521 g/mol. The number of para-hydroxylation sites is 1. The number of thiophene rings is 1. The van der Waals surface area contributed by atoms with Gasteiger partial charge in [-0.15, -0.1) is 11.3 Å². The number of amides is 3. The summed E-state index contributed by atoms with van der Waals surface area (Å²) in [5.41, 5.74) is 1.10. The van der Waals surface area contributed by atoms with Gasteiger partial charge in [0.2, 0.25) is 5.91 Å². The molecule has 34 heavy (non-hydrogen) atoms. The van der Waals surface area contributed by atoms with Crippen LogP contribution in [0.25, 0.3) is 0 Å². The van der Waals surface area contributed by atoms with E-state index in [9.17, 15) is 14.0 Å². The quantitative estimate of drug-likeness (QED) is 0.327. The summed E-state index contributed by atoms with van der Waals surface area (Å²) in [4.78, 5) is 30.8. The van der Waals surface area contributed by atoms with Gasteiger partial charge < -0.3 is 15.1 Å². The van der Waals surface area contributed by atoms with E-state index in [2.05, 4.69) is 5.32 Å². The van der Waals surface area contributed by atoms with Gasteiger partial charge in [0, 0.05) is 17.5 Å². The van der Waals surface area contributed by atoms with E-state index < -0.39 is 6.03 Å². The summed E-state index contributed by atoms with van der Waals surface area (Å²) in [6.07, 6.45) is 0.653. The Morgan fingerprint density at radius 1 is 1.03 bits per heavy atom. The van der Waals surface area contributed by atoms with Crippen LogP contribution < -0.4 is 5.32 Å². The predicted octanol–water partition coefficient (Wildman–Crippen LogP) is 7.06. The number of hydrogen-bond donors (Lipinski definition) is 1. The summed E-state index contributed by atoms with van der Waals surface area (Å²) in [7, 11) is 0. The SMILES string of the molecule is CCC(C)N(CC(=O)N(Cc1ccc(F)cc1)Cc1cccs1)C(=O)Nc1c(Cl)cccc1Cl. The Bertz CT molecular complexity index is 1090. The molecule has 180 valence electrons. The first-order valence-corrected chi connectivity index (χ1v) is 12.5. The van der Waals surface area contributed by atoms with Gasteiger partial charge in [-0.3, -0.25) is 4.79 Å². The number of halogens is 3. The van der Waals surface area contributed by atoms with Crippen LogP contribution in [0.5, 0.6) is 0 Å². The van der Waals surface area contributed by atoms with Crippen molar-refractivity contribution >= 4 is 52.2 Å². The third-order valence-corrected chi connectivity index (χ3v) is 6.94. The van der Waals surface area contributed by atoms with Crippen molar-refractivity contribution in [1.82, 2.24) is 9.80 Å². The first kappa shape index (κ1) is 26.0. The molecule has 0 aliphatic rings. The molecular weight excluding hydrogens is 496 g/mol. The van der Waals surface area contributed by atoms with Crippen LogP contribution in [0.2, 0.25) is 10.0 Å². The predicted molar refractivity (Wildman–Crippen MR) is 137 cm³/mol. The lowest BCUT2D eigenvalue weighted by Gasteiger charge is -2.31. The fourth-order valence-corrected chi connectivity index (χ4v) is 4.53. The normalized spacial score (nSPS) is 11.7. The van der Waals surface area contributed by atoms with E-state index in [0.717, 1.165) is 10.4 Å². The minimum absolute atomic E-state index is 0.129. The number of nitrogens with zero attached hydrogens (tertiary/aromatic N) is 2. The summed E-state index contributed by atoms with van der Waals surface area (Å²) in [6.45, 7) is 4.38. The molecule has 0 aliphatic carbocycles. The molecule has 1 N–H and O–H groups in total. The second-order valence-corrected chi connectivity index (χ2v) is 9.71. The number of carbonyl (C=O) groups excluding carboxylic acids is 2. The zero-order chi connectivity index (χ0) is 24.7. The number of nitrogens with one attached hydrogen (secondary N) is 1. The zero-order valence-corrected chi connectivity index (χ0v) is 21.3. The lowest BCUT2D eigenvalue weighted by molar-refractivity contribution is -0.133. The van der Waals surface area contributed by atoms with Gasteiger partial charge in [0.05, 0.1) is 22.3 Å². The number of carbonyl (C=O) groups is 2. The molecule has 0 saturated carbocycles. The third kappa shape index (κ3) is 6.95. The fourth-order valence-electron chi connectivity index (χ4n) is 3.32. The third-order valence-electron chi connectivity index (χ3n) is 5.45. The Morgan fingerprint density at radius 2 is 1.71 bits per heavy atom. The summed E-state index contributed by atoms with van der Waals surface area (Å²) in [5.74, 6) is -0.559. The summed E-state index contributed by atoms with van der Waals surface area (Å²) < 4.78 is 13.4. The molecule has 0 bridgehead atoms. The Balaban J connectivity index is 1.80. The maximum atomic E-state index is 13.4. The molecular formula is C25H26Cl2FN3O2S. The van der Waals surface area contributed by atoms with Gasteiger partial charge in [-0.25, -0.2) is 9.18 Å². The number of rotatable bonds is 9. The minimum Gasteiger partial charge on any atom is -0.332 e. The second kappa shape index (κ2) is 12.2. The molecule has 2 aromatic carbocycles. The molecule has 3 rings (SSSR count). The number of anilines is 1. The van der Waals surface area contributed by atoms with E-state index in [1.165, 1.54) is 17.0 Å². The molecule has 1 unspecified atom stereocenters. The van der Waals surface area contributed by atoms with Gasteiger partial charge in [0.1, 0.15) is 12.4 Å². The lowest BCUT2D eigenvalue weighted by Crippen LogP contribution is -2.47. The molecule has 9 heteroatoms. The van der Waals surface area contributed by atoms with Crippen LogP contribution in [0.1, 0.15) is 30.7 Å². The van der Waals surface area contributed by atoms with Gasteiger partial charge in [-0.05, 0) is 54.6 Å². The highest BCUT2D eigenvalue weighted by atomic mass is 35.5. The minimum atomic E-state index is -0.462. The zero-order valence-electron chi connectivity index (χ0n) is 18.9. The van der Waals surface area contributed by atoms with Crippen molar-refractivity contribution in [3.63, 3.8) is 0 Å². The Kier molecular flexibility index (Phi) is 9.33. The molecule has 0 radical (unpaired) electrons. The molecule has 1 heterocycles. The van der Waals surface area contributed by atoms with Gasteiger partial charge in [-0.1, -0.05) is 54.4 Å². The van der Waals surface area contributed by atoms with Crippen molar-refractivity contribution in [1.29, 1.82) is 0 Å². The van der Waals surface area contributed by atoms with E-state index in [-0.39, 0.29) is 24.3 Å². The van der Waals surface area contributed by atoms with E-state index in [4.69, 9.17) is 23.2 Å². The van der Waals surface area contributed by atoms with Gasteiger partial charge >= 0.3 is 6.03 Å². The van der Waals surface area contributed by atoms with E-state index in [1.54, 1.807) is 46.6 Å². The Hall–Kier alpha value is -2.61.